The number of dihydropyridines is 1. The van der Waals surface area contributed by atoms with Gasteiger partial charge in [0.05, 0.1) is 6.61 Å². The second-order valence-electron chi connectivity index (χ2n) is 10.3. The maximum Gasteiger partial charge on any atom is 0.172 e. The first-order valence-corrected chi connectivity index (χ1v) is 13.2. The lowest BCUT2D eigenvalue weighted by atomic mass is 9.81. The van der Waals surface area contributed by atoms with E-state index in [0.29, 0.717) is 18.1 Å². The minimum atomic E-state index is -0.946. The van der Waals surface area contributed by atoms with Crippen LogP contribution < -0.4 is 10.1 Å². The van der Waals surface area contributed by atoms with E-state index in [1.54, 1.807) is 0 Å². The third kappa shape index (κ3) is 6.19. The van der Waals surface area contributed by atoms with Crippen molar-refractivity contribution < 1.29 is 9.47 Å². The molecule has 0 bridgehead atoms. The normalized spacial score (nSPS) is 16.7. The number of nitriles is 3. The number of hydrogen-bond donors (Lipinski definition) is 1. The molecule has 0 radical (unpaired) electrons. The number of unbranched alkanes of at least 4 members (excludes halogenated alkanes) is 1. The Balaban J connectivity index is 2.16. The van der Waals surface area contributed by atoms with Crippen LogP contribution in [0.5, 0.6) is 5.75 Å². The largest absolute Gasteiger partial charge is 0.493 e. The number of nitrogens with zero attached hydrogens (tertiary/aromatic N) is 3. The molecule has 0 spiro atoms. The Bertz CT molecular complexity index is 1310. The number of hydrogen-bond acceptors (Lipinski definition) is 6. The minimum absolute atomic E-state index is 0.0311. The van der Waals surface area contributed by atoms with Crippen molar-refractivity contribution >= 4 is 5.57 Å². The monoisotopic (exact) mass is 508 g/mol. The van der Waals surface area contributed by atoms with Gasteiger partial charge in [-0.3, -0.25) is 0 Å². The highest BCUT2D eigenvalue weighted by atomic mass is 16.5. The maximum atomic E-state index is 10.2. The highest BCUT2D eigenvalue weighted by molar-refractivity contribution is 5.90. The van der Waals surface area contributed by atoms with Gasteiger partial charge in [0.1, 0.15) is 35.1 Å². The van der Waals surface area contributed by atoms with Gasteiger partial charge in [-0.25, -0.2) is 0 Å². The van der Waals surface area contributed by atoms with Crippen LogP contribution >= 0.6 is 0 Å². The first-order chi connectivity index (χ1) is 18.2. The molecule has 0 amide bonds. The smallest absolute Gasteiger partial charge is 0.172 e. The van der Waals surface area contributed by atoms with E-state index >= 15 is 0 Å². The third-order valence-electron chi connectivity index (χ3n) is 6.85. The zero-order valence-electron chi connectivity index (χ0n) is 23.2. The summed E-state index contributed by atoms with van der Waals surface area (Å²) in [6.45, 7) is 12.8. The second-order valence-corrected chi connectivity index (χ2v) is 10.3. The van der Waals surface area contributed by atoms with Gasteiger partial charge >= 0.3 is 0 Å². The van der Waals surface area contributed by atoms with E-state index in [9.17, 15) is 15.8 Å². The lowest BCUT2D eigenvalue weighted by molar-refractivity contribution is 0.0962. The topological polar surface area (TPSA) is 102 Å². The lowest BCUT2D eigenvalue weighted by Crippen LogP contribution is -2.24. The van der Waals surface area contributed by atoms with Gasteiger partial charge in [-0.1, -0.05) is 45.2 Å². The van der Waals surface area contributed by atoms with Crippen LogP contribution in [0, 0.1) is 39.9 Å². The zero-order valence-corrected chi connectivity index (χ0v) is 23.2. The Labute approximate surface area is 226 Å². The molecule has 6 heteroatoms. The summed E-state index contributed by atoms with van der Waals surface area (Å²) in [5.74, 6) is 1.36. The van der Waals surface area contributed by atoms with Crippen molar-refractivity contribution in [3.8, 4) is 24.0 Å². The molecule has 6 nitrogen and oxygen atoms in total. The third-order valence-corrected chi connectivity index (χ3v) is 6.85. The average molecular weight is 509 g/mol. The van der Waals surface area contributed by atoms with Gasteiger partial charge in [-0.05, 0) is 81.0 Å². The maximum absolute atomic E-state index is 10.2. The first-order valence-electron chi connectivity index (χ1n) is 13.2. The minimum Gasteiger partial charge on any atom is -0.493 e. The molecule has 0 aromatic heterocycles. The van der Waals surface area contributed by atoms with Crippen LogP contribution in [0.25, 0.3) is 5.57 Å². The van der Waals surface area contributed by atoms with E-state index in [1.165, 1.54) is 12.8 Å². The van der Waals surface area contributed by atoms with Crippen LogP contribution in [0.3, 0.4) is 0 Å². The summed E-state index contributed by atoms with van der Waals surface area (Å²) in [4.78, 5) is 0. The summed E-state index contributed by atoms with van der Waals surface area (Å²) >= 11 is 0. The Morgan fingerprint density at radius 3 is 2.18 bits per heavy atom. The molecule has 3 rings (SSSR count). The summed E-state index contributed by atoms with van der Waals surface area (Å²) in [5, 5.41) is 32.6. The van der Waals surface area contributed by atoms with Gasteiger partial charge < -0.3 is 14.8 Å². The number of allylic oxidation sites excluding steroid dienone is 7. The molecule has 0 saturated heterocycles. The van der Waals surface area contributed by atoms with E-state index in [0.717, 1.165) is 46.7 Å². The molecule has 1 aromatic carbocycles. The summed E-state index contributed by atoms with van der Waals surface area (Å²) in [6.07, 6.45) is 8.70. The van der Waals surface area contributed by atoms with Crippen LogP contribution in [0.15, 0.2) is 75.9 Å². The standard InChI is InChI=1S/C32H36N4O2/c1-7-9-10-23(8-2)20-37-27-13-11-24(12-14-27)29(25-15-21(3)36-22(4)16-25)30-28(19-35)31(26(17-33)18-34)38-32(30,5)6/h11-16,23,36H,7-10,20H2,1-6H3. The highest BCUT2D eigenvalue weighted by Crippen LogP contribution is 2.47. The van der Waals surface area contributed by atoms with Crippen molar-refractivity contribution in [3.63, 3.8) is 0 Å². The summed E-state index contributed by atoms with van der Waals surface area (Å²) in [6, 6.07) is 13.9. The van der Waals surface area contributed by atoms with Crippen molar-refractivity contribution in [2.24, 2.45) is 5.92 Å². The van der Waals surface area contributed by atoms with Crippen molar-refractivity contribution in [1.29, 1.82) is 15.8 Å². The number of benzene rings is 1. The van der Waals surface area contributed by atoms with Gasteiger partial charge in [0.25, 0.3) is 0 Å². The van der Waals surface area contributed by atoms with Crippen molar-refractivity contribution in [1.82, 2.24) is 5.32 Å². The average Bonchev–Trinajstić information content (AvgIpc) is 3.15. The van der Waals surface area contributed by atoms with Crippen LogP contribution in [-0.2, 0) is 4.74 Å². The quantitative estimate of drug-likeness (QED) is 0.349. The molecule has 38 heavy (non-hydrogen) atoms. The van der Waals surface area contributed by atoms with Crippen molar-refractivity contribution in [2.75, 3.05) is 6.61 Å². The van der Waals surface area contributed by atoms with E-state index < -0.39 is 5.60 Å². The predicted molar refractivity (Wildman–Crippen MR) is 149 cm³/mol. The Morgan fingerprint density at radius 1 is 1.03 bits per heavy atom. The van der Waals surface area contributed by atoms with Gasteiger partial charge in [0.2, 0.25) is 0 Å². The SMILES string of the molecule is CCCCC(CC)COc1ccc(C(=C2C=C(C)NC(C)=C2)C2=C(C#N)C(=C(C#N)C#N)OC2(C)C)cc1. The molecule has 196 valence electrons. The molecule has 1 N–H and O–H groups in total. The summed E-state index contributed by atoms with van der Waals surface area (Å²) in [7, 11) is 0. The second kappa shape index (κ2) is 12.4. The molecule has 2 heterocycles. The Kier molecular flexibility index (Phi) is 9.22. The van der Waals surface area contributed by atoms with Gasteiger partial charge in [-0.15, -0.1) is 0 Å². The molecular formula is C32H36N4O2. The predicted octanol–water partition coefficient (Wildman–Crippen LogP) is 7.38. The molecule has 0 saturated carbocycles. The fraction of sp³-hybridized carbons (Fsp3) is 0.406. The van der Waals surface area contributed by atoms with Crippen LogP contribution in [0.2, 0.25) is 0 Å². The van der Waals surface area contributed by atoms with Crippen molar-refractivity contribution in [3.05, 3.63) is 81.4 Å². The van der Waals surface area contributed by atoms with Crippen LogP contribution in [0.4, 0.5) is 0 Å². The number of rotatable bonds is 9. The van der Waals surface area contributed by atoms with Gasteiger partial charge in [0, 0.05) is 17.0 Å². The van der Waals surface area contributed by atoms with Crippen molar-refractivity contribution in [2.45, 2.75) is 72.8 Å². The van der Waals surface area contributed by atoms with E-state index in [4.69, 9.17) is 9.47 Å². The molecule has 1 unspecified atom stereocenters. The molecule has 0 fully saturated rings. The lowest BCUT2D eigenvalue weighted by Gasteiger charge is -2.27. The molecule has 2 aliphatic heterocycles. The number of nitrogens with one attached hydrogen (secondary N) is 1. The Hall–Kier alpha value is -4.21. The fourth-order valence-corrected chi connectivity index (χ4v) is 4.93. The zero-order chi connectivity index (χ0) is 27.9. The summed E-state index contributed by atoms with van der Waals surface area (Å²) in [5.41, 5.74) is 4.24. The van der Waals surface area contributed by atoms with E-state index in [1.807, 2.05) is 76.3 Å². The molecule has 2 aliphatic rings. The van der Waals surface area contributed by atoms with E-state index in [-0.39, 0.29) is 16.9 Å². The molecule has 0 aliphatic carbocycles. The number of ether oxygens (including phenoxy) is 2. The Morgan fingerprint density at radius 2 is 1.66 bits per heavy atom. The summed E-state index contributed by atoms with van der Waals surface area (Å²) < 4.78 is 12.2. The molecule has 1 atom stereocenters. The van der Waals surface area contributed by atoms with Gasteiger partial charge in [0.15, 0.2) is 11.3 Å². The van der Waals surface area contributed by atoms with Crippen LogP contribution in [-0.4, -0.2) is 12.2 Å². The molecular weight excluding hydrogens is 472 g/mol. The van der Waals surface area contributed by atoms with Crippen LogP contribution in [0.1, 0.15) is 72.8 Å². The highest BCUT2D eigenvalue weighted by Gasteiger charge is 2.42. The fourth-order valence-electron chi connectivity index (χ4n) is 4.93. The molecule has 1 aromatic rings. The van der Waals surface area contributed by atoms with E-state index in [2.05, 4.69) is 25.2 Å². The first kappa shape index (κ1) is 28.4. The van der Waals surface area contributed by atoms with Gasteiger partial charge in [-0.2, -0.15) is 15.8 Å².